The first-order valence-corrected chi connectivity index (χ1v) is 6.77. The minimum absolute atomic E-state index is 0.389. The highest BCUT2D eigenvalue weighted by Crippen LogP contribution is 2.27. The Morgan fingerprint density at radius 2 is 1.95 bits per heavy atom. The number of nitrogens with two attached hydrogens (primary N) is 1. The molecule has 2 aromatic carbocycles. The van der Waals surface area contributed by atoms with Crippen molar-refractivity contribution >= 4 is 28.6 Å². The van der Waals surface area contributed by atoms with Gasteiger partial charge in [0, 0.05) is 23.9 Å². The zero-order chi connectivity index (χ0) is 14.5. The fraction of sp³-hybridized carbons (Fsp3) is 0.188. The van der Waals surface area contributed by atoms with Crippen LogP contribution in [0.3, 0.4) is 0 Å². The molecule has 0 aliphatic rings. The van der Waals surface area contributed by atoms with Crippen molar-refractivity contribution in [2.45, 2.75) is 13.5 Å². The monoisotopic (exact) mass is 286 g/mol. The molecule has 4 heteroatoms. The van der Waals surface area contributed by atoms with E-state index in [1.54, 1.807) is 7.11 Å². The summed E-state index contributed by atoms with van der Waals surface area (Å²) in [5.74, 6) is 0. The van der Waals surface area contributed by atoms with Crippen LogP contribution in [0.4, 0.5) is 11.4 Å². The second kappa shape index (κ2) is 6.50. The standard InChI is InChI=1S/C16H18N2OS/c1-11-6-5-8-13(16(17)20)15(11)18-14-9-4-3-7-12(14)10-19-2/h3-9,18H,10H2,1-2H3,(H2,17,20). The van der Waals surface area contributed by atoms with Gasteiger partial charge >= 0.3 is 0 Å². The Morgan fingerprint density at radius 3 is 2.65 bits per heavy atom. The predicted octanol–water partition coefficient (Wildman–Crippen LogP) is 3.52. The van der Waals surface area contributed by atoms with Gasteiger partial charge < -0.3 is 15.8 Å². The first-order valence-electron chi connectivity index (χ1n) is 6.36. The van der Waals surface area contributed by atoms with Gasteiger partial charge in [-0.1, -0.05) is 42.5 Å². The highest BCUT2D eigenvalue weighted by molar-refractivity contribution is 7.80. The molecule has 0 fully saturated rings. The number of rotatable bonds is 5. The molecule has 20 heavy (non-hydrogen) atoms. The molecule has 3 N–H and O–H groups in total. The number of para-hydroxylation sites is 2. The number of hydrogen-bond acceptors (Lipinski definition) is 3. The molecule has 0 radical (unpaired) electrons. The summed E-state index contributed by atoms with van der Waals surface area (Å²) in [7, 11) is 1.69. The van der Waals surface area contributed by atoms with E-state index in [0.29, 0.717) is 11.6 Å². The number of aryl methyl sites for hydroxylation is 1. The zero-order valence-corrected chi connectivity index (χ0v) is 12.5. The Morgan fingerprint density at radius 1 is 1.20 bits per heavy atom. The smallest absolute Gasteiger partial charge is 0.106 e. The predicted molar refractivity (Wildman–Crippen MR) is 87.5 cm³/mol. The van der Waals surface area contributed by atoms with Crippen molar-refractivity contribution in [3.63, 3.8) is 0 Å². The van der Waals surface area contributed by atoms with Crippen LogP contribution in [0.25, 0.3) is 0 Å². The average Bonchev–Trinajstić information content (AvgIpc) is 2.43. The Bertz CT molecular complexity index is 626. The van der Waals surface area contributed by atoms with E-state index >= 15 is 0 Å². The molecule has 0 heterocycles. The van der Waals surface area contributed by atoms with Crippen LogP contribution < -0.4 is 11.1 Å². The summed E-state index contributed by atoms with van der Waals surface area (Å²) in [4.78, 5) is 0.389. The van der Waals surface area contributed by atoms with Crippen LogP contribution in [0.1, 0.15) is 16.7 Å². The molecule has 0 saturated heterocycles. The lowest BCUT2D eigenvalue weighted by molar-refractivity contribution is 0.185. The van der Waals surface area contributed by atoms with Crippen molar-refractivity contribution in [1.82, 2.24) is 0 Å². The van der Waals surface area contributed by atoms with Crippen LogP contribution in [0, 0.1) is 6.92 Å². The third-order valence-electron chi connectivity index (χ3n) is 3.12. The van der Waals surface area contributed by atoms with Crippen molar-refractivity contribution in [2.75, 3.05) is 12.4 Å². The van der Waals surface area contributed by atoms with Gasteiger partial charge in [-0.25, -0.2) is 0 Å². The van der Waals surface area contributed by atoms with Gasteiger partial charge in [-0.3, -0.25) is 0 Å². The lowest BCUT2D eigenvalue weighted by Crippen LogP contribution is -2.13. The first-order chi connectivity index (χ1) is 9.63. The SMILES string of the molecule is COCc1ccccc1Nc1c(C)cccc1C(N)=S. The van der Waals surface area contributed by atoms with Gasteiger partial charge in [0.25, 0.3) is 0 Å². The third-order valence-corrected chi connectivity index (χ3v) is 3.34. The molecule has 2 rings (SSSR count). The molecule has 0 unspecified atom stereocenters. The summed E-state index contributed by atoms with van der Waals surface area (Å²) in [6, 6.07) is 13.9. The third kappa shape index (κ3) is 3.15. The minimum atomic E-state index is 0.389. The average molecular weight is 286 g/mol. The molecule has 0 aromatic heterocycles. The lowest BCUT2D eigenvalue weighted by atomic mass is 10.1. The maximum Gasteiger partial charge on any atom is 0.106 e. The Kier molecular flexibility index (Phi) is 4.71. The van der Waals surface area contributed by atoms with E-state index in [9.17, 15) is 0 Å². The molecule has 104 valence electrons. The number of hydrogen-bond donors (Lipinski definition) is 2. The second-order valence-corrected chi connectivity index (χ2v) is 5.02. The van der Waals surface area contributed by atoms with E-state index < -0.39 is 0 Å². The molecule has 2 aromatic rings. The Labute approximate surface area is 124 Å². The largest absolute Gasteiger partial charge is 0.389 e. The summed E-state index contributed by atoms with van der Waals surface area (Å²) in [6.45, 7) is 2.58. The van der Waals surface area contributed by atoms with E-state index in [1.165, 1.54) is 0 Å². The molecule has 0 aliphatic heterocycles. The van der Waals surface area contributed by atoms with Gasteiger partial charge in [-0.05, 0) is 24.6 Å². The zero-order valence-electron chi connectivity index (χ0n) is 11.6. The van der Waals surface area contributed by atoms with Crippen molar-refractivity contribution in [3.05, 3.63) is 59.2 Å². The van der Waals surface area contributed by atoms with E-state index in [-0.39, 0.29) is 0 Å². The van der Waals surface area contributed by atoms with Gasteiger partial charge in [0.05, 0.1) is 12.3 Å². The maximum atomic E-state index is 5.80. The Balaban J connectivity index is 2.42. The van der Waals surface area contributed by atoms with Crippen LogP contribution in [0.15, 0.2) is 42.5 Å². The first kappa shape index (κ1) is 14.5. The number of ether oxygens (including phenoxy) is 1. The number of nitrogens with one attached hydrogen (secondary N) is 1. The number of methoxy groups -OCH3 is 1. The molecule has 0 spiro atoms. The molecule has 0 saturated carbocycles. The maximum absolute atomic E-state index is 5.80. The van der Waals surface area contributed by atoms with Crippen molar-refractivity contribution in [1.29, 1.82) is 0 Å². The van der Waals surface area contributed by atoms with E-state index in [0.717, 1.165) is 28.1 Å². The topological polar surface area (TPSA) is 47.3 Å². The van der Waals surface area contributed by atoms with Crippen LogP contribution in [-0.2, 0) is 11.3 Å². The van der Waals surface area contributed by atoms with E-state index in [2.05, 4.69) is 5.32 Å². The molecule has 0 aliphatic carbocycles. The van der Waals surface area contributed by atoms with Gasteiger partial charge in [-0.2, -0.15) is 0 Å². The van der Waals surface area contributed by atoms with E-state index in [1.807, 2.05) is 49.4 Å². The van der Waals surface area contributed by atoms with Crippen molar-refractivity contribution in [2.24, 2.45) is 5.73 Å². The van der Waals surface area contributed by atoms with Gasteiger partial charge in [-0.15, -0.1) is 0 Å². The number of thiocarbonyl (C=S) groups is 1. The second-order valence-electron chi connectivity index (χ2n) is 4.58. The number of benzene rings is 2. The van der Waals surface area contributed by atoms with Crippen molar-refractivity contribution in [3.8, 4) is 0 Å². The molecular weight excluding hydrogens is 268 g/mol. The molecule has 0 atom stereocenters. The fourth-order valence-corrected chi connectivity index (χ4v) is 2.27. The summed E-state index contributed by atoms with van der Waals surface area (Å²) >= 11 is 5.12. The van der Waals surface area contributed by atoms with Gasteiger partial charge in [0.1, 0.15) is 4.99 Å². The fourth-order valence-electron chi connectivity index (χ4n) is 2.10. The van der Waals surface area contributed by atoms with E-state index in [4.69, 9.17) is 22.7 Å². The van der Waals surface area contributed by atoms with Crippen molar-refractivity contribution < 1.29 is 4.74 Å². The van der Waals surface area contributed by atoms with Crippen LogP contribution in [0.2, 0.25) is 0 Å². The summed E-state index contributed by atoms with van der Waals surface area (Å²) in [5, 5.41) is 3.43. The summed E-state index contributed by atoms with van der Waals surface area (Å²) in [6.07, 6.45) is 0. The van der Waals surface area contributed by atoms with Gasteiger partial charge in [0.2, 0.25) is 0 Å². The minimum Gasteiger partial charge on any atom is -0.389 e. The molecule has 3 nitrogen and oxygen atoms in total. The highest BCUT2D eigenvalue weighted by Gasteiger charge is 2.10. The quantitative estimate of drug-likeness (QED) is 0.826. The van der Waals surface area contributed by atoms with Crippen LogP contribution in [-0.4, -0.2) is 12.1 Å². The lowest BCUT2D eigenvalue weighted by Gasteiger charge is -2.16. The Hall–Kier alpha value is -1.91. The molecule has 0 bridgehead atoms. The van der Waals surface area contributed by atoms with Crippen LogP contribution >= 0.6 is 12.2 Å². The normalized spacial score (nSPS) is 10.3. The highest BCUT2D eigenvalue weighted by atomic mass is 32.1. The van der Waals surface area contributed by atoms with Crippen LogP contribution in [0.5, 0.6) is 0 Å². The van der Waals surface area contributed by atoms with Gasteiger partial charge in [0.15, 0.2) is 0 Å². The molecular formula is C16H18N2OS. The summed E-state index contributed by atoms with van der Waals surface area (Å²) in [5.41, 5.74) is 10.8. The number of anilines is 2. The summed E-state index contributed by atoms with van der Waals surface area (Å²) < 4.78 is 5.22. The molecule has 0 amide bonds.